The van der Waals surface area contributed by atoms with Crippen LogP contribution in [0.3, 0.4) is 0 Å². The van der Waals surface area contributed by atoms with E-state index in [0.29, 0.717) is 10.6 Å². The van der Waals surface area contributed by atoms with Gasteiger partial charge in [-0.25, -0.2) is 4.98 Å². The number of hydrogen-bond acceptors (Lipinski definition) is 4. The molecule has 0 spiro atoms. The molecule has 2 aromatic heterocycles. The van der Waals surface area contributed by atoms with Gasteiger partial charge in [0.25, 0.3) is 5.56 Å². The molecule has 0 aliphatic heterocycles. The predicted octanol–water partition coefficient (Wildman–Crippen LogP) is 1.72. The molecule has 1 aromatic carbocycles. The number of aromatic nitrogens is 3. The van der Waals surface area contributed by atoms with Crippen molar-refractivity contribution in [1.82, 2.24) is 15.0 Å². The van der Waals surface area contributed by atoms with Gasteiger partial charge in [-0.2, -0.15) is 0 Å². The van der Waals surface area contributed by atoms with Gasteiger partial charge in [0.1, 0.15) is 11.0 Å². The highest BCUT2D eigenvalue weighted by Crippen LogP contribution is 2.19. The first-order valence-corrected chi connectivity index (χ1v) is 6.11. The Kier molecular flexibility index (Phi) is 2.80. The molecule has 0 fully saturated rings. The first-order chi connectivity index (χ1) is 9.56. The highest BCUT2D eigenvalue weighted by molar-refractivity contribution is 6.31. The monoisotopic (exact) mass is 288 g/mol. The van der Waals surface area contributed by atoms with Gasteiger partial charge in [-0.15, -0.1) is 0 Å². The Morgan fingerprint density at radius 1 is 1.35 bits per heavy atom. The van der Waals surface area contributed by atoms with Crippen LogP contribution in [-0.4, -0.2) is 20.7 Å². The molecule has 0 aliphatic carbocycles. The van der Waals surface area contributed by atoms with Crippen LogP contribution in [0, 0.1) is 0 Å². The largest absolute Gasteiger partial charge is 0.369 e. The molecule has 0 saturated heterocycles. The summed E-state index contributed by atoms with van der Waals surface area (Å²) in [5.74, 6) is -0.321. The van der Waals surface area contributed by atoms with Crippen molar-refractivity contribution in [2.24, 2.45) is 0 Å². The average Bonchev–Trinajstić information content (AvgIpc) is 2.81. The number of halogens is 1. The Morgan fingerprint density at radius 3 is 2.90 bits per heavy atom. The maximum atomic E-state index is 12.4. The number of nitrogens with zero attached hydrogens (tertiary/aromatic N) is 1. The fraction of sp³-hybridized carbons (Fsp3) is 0. The fourth-order valence-corrected chi connectivity index (χ4v) is 2.18. The lowest BCUT2D eigenvalue weighted by atomic mass is 10.1. The molecule has 7 heteroatoms. The minimum Gasteiger partial charge on any atom is -0.369 e. The minimum atomic E-state index is -0.419. The van der Waals surface area contributed by atoms with Gasteiger partial charge in [0.15, 0.2) is 5.78 Å². The van der Waals surface area contributed by atoms with Crippen LogP contribution in [0.4, 0.5) is 5.95 Å². The van der Waals surface area contributed by atoms with E-state index in [-0.39, 0.29) is 28.3 Å². The van der Waals surface area contributed by atoms with Crippen molar-refractivity contribution >= 4 is 34.4 Å². The maximum absolute atomic E-state index is 12.4. The molecule has 0 radical (unpaired) electrons. The normalized spacial score (nSPS) is 10.8. The summed E-state index contributed by atoms with van der Waals surface area (Å²) in [6.45, 7) is 0. The van der Waals surface area contributed by atoms with E-state index in [4.69, 9.17) is 17.3 Å². The highest BCUT2D eigenvalue weighted by Gasteiger charge is 2.17. The Morgan fingerprint density at radius 2 is 2.15 bits per heavy atom. The number of ketones is 1. The topological polar surface area (TPSA) is 105 Å². The van der Waals surface area contributed by atoms with Crippen molar-refractivity contribution < 1.29 is 4.79 Å². The van der Waals surface area contributed by atoms with Crippen LogP contribution >= 0.6 is 11.6 Å². The molecular formula is C13H9ClN4O2. The zero-order valence-corrected chi connectivity index (χ0v) is 10.9. The van der Waals surface area contributed by atoms with E-state index in [1.54, 1.807) is 24.3 Å². The van der Waals surface area contributed by atoms with Crippen LogP contribution in [0.5, 0.6) is 0 Å². The van der Waals surface area contributed by atoms with Gasteiger partial charge >= 0.3 is 0 Å². The number of nitrogens with one attached hydrogen (secondary N) is 2. The first kappa shape index (κ1) is 12.4. The van der Waals surface area contributed by atoms with E-state index in [0.717, 1.165) is 0 Å². The summed E-state index contributed by atoms with van der Waals surface area (Å²) in [7, 11) is 0. The maximum Gasteiger partial charge on any atom is 0.276 e. The molecule has 0 saturated carbocycles. The number of rotatable bonds is 2. The van der Waals surface area contributed by atoms with Crippen LogP contribution < -0.4 is 11.3 Å². The van der Waals surface area contributed by atoms with Crippen molar-refractivity contribution in [2.75, 3.05) is 5.73 Å². The van der Waals surface area contributed by atoms with E-state index >= 15 is 0 Å². The standard InChI is InChI=1S/C13H9ClN4O2/c14-7-3-1-2-6(4-7)11(19)8-5-16-10-9(8)17-13(15)18-12(10)20/h1-5,16H,(H3,15,17,18,20). The van der Waals surface area contributed by atoms with E-state index in [1.807, 2.05) is 0 Å². The van der Waals surface area contributed by atoms with Gasteiger partial charge in [-0.1, -0.05) is 23.7 Å². The van der Waals surface area contributed by atoms with Gasteiger partial charge < -0.3 is 10.7 Å². The second-order valence-electron chi connectivity index (χ2n) is 4.22. The van der Waals surface area contributed by atoms with Crippen molar-refractivity contribution in [3.05, 3.63) is 57.0 Å². The third-order valence-corrected chi connectivity index (χ3v) is 3.12. The molecule has 20 heavy (non-hydrogen) atoms. The van der Waals surface area contributed by atoms with Gasteiger partial charge in [0, 0.05) is 16.8 Å². The quantitative estimate of drug-likeness (QED) is 0.624. The van der Waals surface area contributed by atoms with Crippen LogP contribution in [0.2, 0.25) is 5.02 Å². The number of aromatic amines is 2. The lowest BCUT2D eigenvalue weighted by molar-refractivity contribution is 0.104. The number of H-pyrrole nitrogens is 2. The molecule has 0 unspecified atom stereocenters. The van der Waals surface area contributed by atoms with Gasteiger partial charge in [-0.05, 0) is 12.1 Å². The number of nitrogens with two attached hydrogens (primary N) is 1. The molecule has 6 nitrogen and oxygen atoms in total. The van der Waals surface area contributed by atoms with Gasteiger partial charge in [0.2, 0.25) is 5.95 Å². The fourth-order valence-electron chi connectivity index (χ4n) is 1.99. The number of nitrogen functional groups attached to an aromatic ring is 1. The Hall–Kier alpha value is -2.60. The zero-order chi connectivity index (χ0) is 14.3. The van der Waals surface area contributed by atoms with Crippen LogP contribution in [-0.2, 0) is 0 Å². The van der Waals surface area contributed by atoms with Crippen molar-refractivity contribution in [3.8, 4) is 0 Å². The lowest BCUT2D eigenvalue weighted by Gasteiger charge is -2.00. The van der Waals surface area contributed by atoms with E-state index in [2.05, 4.69) is 15.0 Å². The lowest BCUT2D eigenvalue weighted by Crippen LogP contribution is -2.11. The van der Waals surface area contributed by atoms with Crippen LogP contribution in [0.15, 0.2) is 35.3 Å². The summed E-state index contributed by atoms with van der Waals surface area (Å²) < 4.78 is 0. The van der Waals surface area contributed by atoms with E-state index in [9.17, 15) is 9.59 Å². The summed E-state index contributed by atoms with van der Waals surface area (Å²) in [6.07, 6.45) is 1.44. The first-order valence-electron chi connectivity index (χ1n) is 5.73. The summed E-state index contributed by atoms with van der Waals surface area (Å²) >= 11 is 5.87. The molecular weight excluding hydrogens is 280 g/mol. The molecule has 0 aliphatic rings. The molecule has 3 aromatic rings. The smallest absolute Gasteiger partial charge is 0.276 e. The third kappa shape index (κ3) is 1.96. The number of carbonyl (C=O) groups excluding carboxylic acids is 1. The van der Waals surface area contributed by atoms with Crippen molar-refractivity contribution in [2.45, 2.75) is 0 Å². The van der Waals surface area contributed by atoms with E-state index < -0.39 is 5.56 Å². The Labute approximate surface area is 117 Å². The van der Waals surface area contributed by atoms with E-state index in [1.165, 1.54) is 6.20 Å². The van der Waals surface area contributed by atoms with Crippen molar-refractivity contribution in [3.63, 3.8) is 0 Å². The molecule has 0 amide bonds. The predicted molar refractivity (Wildman–Crippen MR) is 76.0 cm³/mol. The highest BCUT2D eigenvalue weighted by atomic mass is 35.5. The third-order valence-electron chi connectivity index (χ3n) is 2.89. The summed E-state index contributed by atoms with van der Waals surface area (Å²) in [5.41, 5.74) is 6.24. The van der Waals surface area contributed by atoms with Crippen LogP contribution in [0.1, 0.15) is 15.9 Å². The molecule has 3 rings (SSSR count). The second kappa shape index (κ2) is 4.50. The number of fused-ring (bicyclic) bond motifs is 1. The number of carbonyl (C=O) groups is 1. The molecule has 0 bridgehead atoms. The summed E-state index contributed by atoms with van der Waals surface area (Å²) in [6, 6.07) is 6.55. The number of benzene rings is 1. The summed E-state index contributed by atoms with van der Waals surface area (Å²) in [4.78, 5) is 33.2. The Balaban J connectivity index is 2.20. The zero-order valence-electron chi connectivity index (χ0n) is 10.1. The molecule has 100 valence electrons. The molecule has 4 N–H and O–H groups in total. The molecule has 2 heterocycles. The molecule has 0 atom stereocenters. The SMILES string of the molecule is Nc1nc2c(C(=O)c3cccc(Cl)c3)c[nH]c2c(=O)[nH]1. The Bertz CT molecular complexity index is 881. The minimum absolute atomic E-state index is 0.0396. The van der Waals surface area contributed by atoms with Crippen LogP contribution in [0.25, 0.3) is 11.0 Å². The second-order valence-corrected chi connectivity index (χ2v) is 4.65. The van der Waals surface area contributed by atoms with Gasteiger partial charge in [-0.3, -0.25) is 14.6 Å². The number of hydrogen-bond donors (Lipinski definition) is 3. The van der Waals surface area contributed by atoms with Crippen molar-refractivity contribution in [1.29, 1.82) is 0 Å². The summed E-state index contributed by atoms with van der Waals surface area (Å²) in [5, 5.41) is 0.459. The average molecular weight is 289 g/mol. The van der Waals surface area contributed by atoms with Gasteiger partial charge in [0.05, 0.1) is 5.56 Å². The number of anilines is 1.